The van der Waals surface area contributed by atoms with Crippen molar-refractivity contribution in [1.82, 2.24) is 0 Å². The van der Waals surface area contributed by atoms with Crippen molar-refractivity contribution < 1.29 is 17.9 Å². The van der Waals surface area contributed by atoms with Crippen LogP contribution in [0.15, 0.2) is 0 Å². The molecule has 1 aliphatic carbocycles. The third-order valence-electron chi connectivity index (χ3n) is 3.44. The van der Waals surface area contributed by atoms with E-state index in [2.05, 4.69) is 0 Å². The molecule has 0 radical (unpaired) electrons. The van der Waals surface area contributed by atoms with Crippen molar-refractivity contribution in [3.05, 3.63) is 0 Å². The van der Waals surface area contributed by atoms with Crippen molar-refractivity contribution in [2.45, 2.75) is 56.5 Å². The van der Waals surface area contributed by atoms with Gasteiger partial charge in [0.2, 0.25) is 0 Å². The molecule has 0 unspecified atom stereocenters. The average molecular weight is 248 g/mol. The van der Waals surface area contributed by atoms with E-state index in [0.29, 0.717) is 19.3 Å². The fourth-order valence-corrected chi connectivity index (χ4v) is 4.03. The van der Waals surface area contributed by atoms with Crippen LogP contribution in [0.4, 0.5) is 0 Å². The standard InChI is InChI=1S/C11H20O4S/c1-5-10(3,4)16(13,14)11(7-8-11)9(12)15-6-2/h5-8H2,1-4H3. The second-order valence-electron chi connectivity index (χ2n) is 4.83. The van der Waals surface area contributed by atoms with E-state index >= 15 is 0 Å². The van der Waals surface area contributed by atoms with Gasteiger partial charge in [0.05, 0.1) is 11.4 Å². The monoisotopic (exact) mass is 248 g/mol. The number of ether oxygens (including phenoxy) is 1. The summed E-state index contributed by atoms with van der Waals surface area (Å²) in [5.41, 5.74) is 0. The number of carbonyl (C=O) groups excluding carboxylic acids is 1. The highest BCUT2D eigenvalue weighted by Gasteiger charge is 2.65. The van der Waals surface area contributed by atoms with Crippen molar-refractivity contribution in [3.63, 3.8) is 0 Å². The predicted octanol–water partition coefficient (Wildman–Crippen LogP) is 1.69. The molecule has 0 aromatic heterocycles. The Kier molecular flexibility index (Phi) is 3.39. The maximum atomic E-state index is 12.4. The summed E-state index contributed by atoms with van der Waals surface area (Å²) in [5, 5.41) is 0. The quantitative estimate of drug-likeness (QED) is 0.695. The summed E-state index contributed by atoms with van der Waals surface area (Å²) in [6, 6.07) is 0. The highest BCUT2D eigenvalue weighted by molar-refractivity contribution is 7.95. The van der Waals surface area contributed by atoms with E-state index in [0.717, 1.165) is 0 Å². The molecular weight excluding hydrogens is 228 g/mol. The third-order valence-corrected chi connectivity index (χ3v) is 6.79. The van der Waals surface area contributed by atoms with Crippen molar-refractivity contribution in [2.24, 2.45) is 0 Å². The number of sulfone groups is 1. The first-order valence-corrected chi connectivity index (χ1v) is 7.15. The molecule has 0 aliphatic heterocycles. The SMILES string of the molecule is CCOC(=O)C1(S(=O)(=O)C(C)(C)CC)CC1. The Morgan fingerprint density at radius 2 is 1.81 bits per heavy atom. The van der Waals surface area contributed by atoms with Gasteiger partial charge in [-0.15, -0.1) is 0 Å². The van der Waals surface area contributed by atoms with Gasteiger partial charge in [-0.25, -0.2) is 8.42 Å². The summed E-state index contributed by atoms with van der Waals surface area (Å²) in [6.45, 7) is 7.07. The molecule has 5 heteroatoms. The lowest BCUT2D eigenvalue weighted by Crippen LogP contribution is -2.45. The van der Waals surface area contributed by atoms with Crippen molar-refractivity contribution in [2.75, 3.05) is 6.61 Å². The lowest BCUT2D eigenvalue weighted by atomic mass is 10.1. The van der Waals surface area contributed by atoms with E-state index in [1.165, 1.54) is 0 Å². The molecule has 0 saturated heterocycles. The minimum atomic E-state index is -3.47. The third kappa shape index (κ3) is 1.75. The zero-order valence-corrected chi connectivity index (χ0v) is 11.2. The molecule has 0 heterocycles. The van der Waals surface area contributed by atoms with Crippen LogP contribution in [0, 0.1) is 0 Å². The zero-order valence-electron chi connectivity index (χ0n) is 10.4. The fraction of sp³-hybridized carbons (Fsp3) is 0.909. The van der Waals surface area contributed by atoms with Crippen LogP contribution in [0.5, 0.6) is 0 Å². The zero-order chi connectivity index (χ0) is 12.6. The van der Waals surface area contributed by atoms with Crippen LogP contribution < -0.4 is 0 Å². The Morgan fingerprint density at radius 3 is 2.12 bits per heavy atom. The van der Waals surface area contributed by atoms with E-state index in [9.17, 15) is 13.2 Å². The number of hydrogen-bond acceptors (Lipinski definition) is 4. The topological polar surface area (TPSA) is 60.4 Å². The molecule has 1 rings (SSSR count). The molecule has 0 amide bonds. The summed E-state index contributed by atoms with van der Waals surface area (Å²) in [6.07, 6.45) is 1.30. The van der Waals surface area contributed by atoms with Gasteiger partial charge < -0.3 is 4.74 Å². The maximum absolute atomic E-state index is 12.4. The molecule has 94 valence electrons. The number of carbonyl (C=O) groups is 1. The second-order valence-corrected chi connectivity index (χ2v) is 7.72. The number of esters is 1. The van der Waals surface area contributed by atoms with Crippen molar-refractivity contribution in [1.29, 1.82) is 0 Å². The van der Waals surface area contributed by atoms with Gasteiger partial charge in [0.1, 0.15) is 0 Å². The van der Waals surface area contributed by atoms with E-state index in [1.807, 2.05) is 6.92 Å². The molecular formula is C11H20O4S. The smallest absolute Gasteiger partial charge is 0.327 e. The largest absolute Gasteiger partial charge is 0.465 e. The molecule has 1 aliphatic rings. The van der Waals surface area contributed by atoms with Crippen molar-refractivity contribution in [3.8, 4) is 0 Å². The molecule has 1 saturated carbocycles. The Bertz CT molecular complexity index is 377. The second kappa shape index (κ2) is 4.02. The number of rotatable bonds is 5. The molecule has 0 bridgehead atoms. The summed E-state index contributed by atoms with van der Waals surface area (Å²) in [4.78, 5) is 11.7. The Balaban J connectivity index is 3.06. The van der Waals surface area contributed by atoms with Gasteiger partial charge >= 0.3 is 5.97 Å². The molecule has 0 spiro atoms. The van der Waals surface area contributed by atoms with E-state index < -0.39 is 25.3 Å². The highest BCUT2D eigenvalue weighted by atomic mass is 32.2. The lowest BCUT2D eigenvalue weighted by molar-refractivity contribution is -0.143. The van der Waals surface area contributed by atoms with Crippen LogP contribution in [0.2, 0.25) is 0 Å². The molecule has 0 aromatic rings. The van der Waals surface area contributed by atoms with Crippen LogP contribution in [0.3, 0.4) is 0 Å². The molecule has 4 nitrogen and oxygen atoms in total. The Labute approximate surface area is 97.3 Å². The van der Waals surface area contributed by atoms with Gasteiger partial charge in [0.25, 0.3) is 0 Å². The normalized spacial score (nSPS) is 19.2. The predicted molar refractivity (Wildman–Crippen MR) is 61.9 cm³/mol. The minimum absolute atomic E-state index is 0.225. The molecule has 1 fully saturated rings. The first-order valence-electron chi connectivity index (χ1n) is 5.66. The Morgan fingerprint density at radius 1 is 1.31 bits per heavy atom. The molecule has 16 heavy (non-hydrogen) atoms. The first-order chi connectivity index (χ1) is 7.25. The maximum Gasteiger partial charge on any atom is 0.327 e. The summed E-state index contributed by atoms with van der Waals surface area (Å²) in [5.74, 6) is -0.573. The summed E-state index contributed by atoms with van der Waals surface area (Å²) in [7, 11) is -3.47. The summed E-state index contributed by atoms with van der Waals surface area (Å²) >= 11 is 0. The van der Waals surface area contributed by atoms with Gasteiger partial charge in [0.15, 0.2) is 14.6 Å². The van der Waals surface area contributed by atoms with Gasteiger partial charge in [-0.1, -0.05) is 6.92 Å². The highest BCUT2D eigenvalue weighted by Crippen LogP contribution is 2.49. The van der Waals surface area contributed by atoms with Crippen LogP contribution >= 0.6 is 0 Å². The van der Waals surface area contributed by atoms with Gasteiger partial charge in [-0.2, -0.15) is 0 Å². The van der Waals surface area contributed by atoms with Crippen molar-refractivity contribution >= 4 is 15.8 Å². The fourth-order valence-electron chi connectivity index (χ4n) is 1.68. The molecule has 0 N–H and O–H groups in total. The summed E-state index contributed by atoms with van der Waals surface area (Å²) < 4.78 is 27.5. The Hall–Kier alpha value is -0.580. The molecule has 0 atom stereocenters. The first kappa shape index (κ1) is 13.5. The molecule has 0 aromatic carbocycles. The average Bonchev–Trinajstić information content (AvgIpc) is 2.98. The van der Waals surface area contributed by atoms with Gasteiger partial charge in [0, 0.05) is 0 Å². The van der Waals surface area contributed by atoms with Gasteiger partial charge in [-0.3, -0.25) is 4.79 Å². The van der Waals surface area contributed by atoms with Crippen LogP contribution in [0.1, 0.15) is 47.0 Å². The van der Waals surface area contributed by atoms with Crippen LogP contribution in [-0.2, 0) is 19.4 Å². The van der Waals surface area contributed by atoms with E-state index in [1.54, 1.807) is 20.8 Å². The lowest BCUT2D eigenvalue weighted by Gasteiger charge is -2.27. The van der Waals surface area contributed by atoms with Crippen LogP contribution in [-0.4, -0.2) is 30.5 Å². The minimum Gasteiger partial charge on any atom is -0.465 e. The van der Waals surface area contributed by atoms with Crippen LogP contribution in [0.25, 0.3) is 0 Å². The van der Waals surface area contributed by atoms with Gasteiger partial charge in [-0.05, 0) is 40.0 Å². The van der Waals surface area contributed by atoms with E-state index in [-0.39, 0.29) is 6.61 Å². The van der Waals surface area contributed by atoms with E-state index in [4.69, 9.17) is 4.74 Å². The number of hydrogen-bond donors (Lipinski definition) is 0.